The fourth-order valence-corrected chi connectivity index (χ4v) is 6.26. The minimum atomic E-state index is -4.16. The van der Waals surface area contributed by atoms with Crippen molar-refractivity contribution in [1.82, 2.24) is 10.6 Å². The topological polar surface area (TPSA) is 168 Å². The van der Waals surface area contributed by atoms with Crippen molar-refractivity contribution in [3.8, 4) is 0 Å². The fourth-order valence-electron chi connectivity index (χ4n) is 6.26. The molecule has 0 rings (SSSR count). The number of hydrogen-bond donors (Lipinski definition) is 5. The van der Waals surface area contributed by atoms with E-state index >= 15 is 0 Å². The van der Waals surface area contributed by atoms with Crippen LogP contribution in [0, 0.1) is 0 Å². The molecule has 0 fully saturated rings. The van der Waals surface area contributed by atoms with Crippen molar-refractivity contribution in [3.63, 3.8) is 0 Å². The number of nitrogens with one attached hydrogen (secondary N) is 2. The summed E-state index contributed by atoms with van der Waals surface area (Å²) in [5.41, 5.74) is 5.43. The third-order valence-electron chi connectivity index (χ3n) is 10.2. The number of allylic oxidation sites excluding steroid dienone is 4. The van der Waals surface area contributed by atoms with Crippen LogP contribution in [0.4, 0.5) is 0 Å². The molecule has 0 bridgehead atoms. The molecule has 10 nitrogen and oxygen atoms in total. The molecule has 0 saturated carbocycles. The Kier molecular flexibility index (Phi) is 38.3. The predicted molar refractivity (Wildman–Crippen MR) is 227 cm³/mol. The Morgan fingerprint density at radius 3 is 1.11 bits per heavy atom. The molecule has 0 radical (unpaired) electrons. The third-order valence-corrected chi connectivity index (χ3v) is 10.6. The molecule has 0 aliphatic heterocycles. The molecule has 54 heavy (non-hydrogen) atoms. The lowest BCUT2D eigenvalue weighted by atomic mass is 9.85. The van der Waals surface area contributed by atoms with Gasteiger partial charge in [0.25, 0.3) is 0 Å². The zero-order chi connectivity index (χ0) is 40.8. The standard InChI is InChI=1S/C42H81N3O3.CH4O4S/c1-5-7-9-11-13-15-17-19-21-23-25-27-29-31-33-35-40(47)44-38(3)42(43,37-46)39(4)45-41(48)36-34-32-30-28-26-24-22-20-18-16-14-12-10-8-6-2;1-5-6(2,3)4/h19-22,38-39,46H,5-18,23-37,43H2,1-4H3,(H,44,47)(H,45,48);1H3,(H,2,3,4)/b21-19-,22-20-;. The first-order valence-electron chi connectivity index (χ1n) is 21.7. The normalized spacial score (nSPS) is 14.1. The van der Waals surface area contributed by atoms with Gasteiger partial charge in [0.15, 0.2) is 0 Å². The maximum atomic E-state index is 12.6. The molecule has 320 valence electrons. The van der Waals surface area contributed by atoms with Gasteiger partial charge in [-0.15, -0.1) is 0 Å². The number of unbranched alkanes of at least 4 members (excludes halogenated alkanes) is 22. The highest BCUT2D eigenvalue weighted by molar-refractivity contribution is 7.80. The van der Waals surface area contributed by atoms with Gasteiger partial charge in [0, 0.05) is 24.9 Å². The molecule has 6 N–H and O–H groups in total. The van der Waals surface area contributed by atoms with Crippen LogP contribution < -0.4 is 16.4 Å². The summed E-state index contributed by atoms with van der Waals surface area (Å²) in [7, 11) is -3.29. The van der Waals surface area contributed by atoms with Crippen molar-refractivity contribution in [2.24, 2.45) is 5.73 Å². The van der Waals surface area contributed by atoms with Gasteiger partial charge in [-0.3, -0.25) is 18.3 Å². The van der Waals surface area contributed by atoms with Gasteiger partial charge in [0.2, 0.25) is 11.8 Å². The molecule has 0 spiro atoms. The Morgan fingerprint density at radius 2 is 0.852 bits per heavy atom. The lowest BCUT2D eigenvalue weighted by Gasteiger charge is -2.39. The summed E-state index contributed by atoms with van der Waals surface area (Å²) in [5, 5.41) is 16.1. The molecular formula is C43H85N3O7S. The second-order valence-corrected chi connectivity index (χ2v) is 16.3. The van der Waals surface area contributed by atoms with Crippen molar-refractivity contribution in [2.45, 2.75) is 225 Å². The molecule has 0 aromatic carbocycles. The van der Waals surface area contributed by atoms with Crippen molar-refractivity contribution < 1.29 is 31.8 Å². The summed E-state index contributed by atoms with van der Waals surface area (Å²) < 4.78 is 29.7. The molecule has 0 saturated heterocycles. The van der Waals surface area contributed by atoms with Crippen LogP contribution in [0.5, 0.6) is 0 Å². The number of hydrogen-bond acceptors (Lipinski definition) is 7. The van der Waals surface area contributed by atoms with Gasteiger partial charge in [0.05, 0.1) is 19.3 Å². The lowest BCUT2D eigenvalue weighted by molar-refractivity contribution is -0.123. The zero-order valence-electron chi connectivity index (χ0n) is 35.4. The maximum absolute atomic E-state index is 12.6. The van der Waals surface area contributed by atoms with Crippen molar-refractivity contribution in [3.05, 3.63) is 24.3 Å². The van der Waals surface area contributed by atoms with Crippen LogP contribution in [-0.4, -0.2) is 61.2 Å². The maximum Gasteiger partial charge on any atom is 0.397 e. The first-order valence-corrected chi connectivity index (χ1v) is 23.1. The van der Waals surface area contributed by atoms with Crippen LogP contribution in [0.15, 0.2) is 24.3 Å². The fraction of sp³-hybridized carbons (Fsp3) is 0.860. The Bertz CT molecular complexity index is 976. The van der Waals surface area contributed by atoms with E-state index < -0.39 is 28.0 Å². The summed E-state index contributed by atoms with van der Waals surface area (Å²) in [6.45, 7) is 7.84. The minimum Gasteiger partial charge on any atom is -0.394 e. The van der Waals surface area contributed by atoms with Crippen molar-refractivity contribution in [1.29, 1.82) is 0 Å². The highest BCUT2D eigenvalue weighted by atomic mass is 32.3. The monoisotopic (exact) mass is 788 g/mol. The van der Waals surface area contributed by atoms with Gasteiger partial charge in [-0.25, -0.2) is 0 Å². The Hall–Kier alpha value is -1.79. The molecule has 2 amide bonds. The summed E-state index contributed by atoms with van der Waals surface area (Å²) in [4.78, 5) is 25.2. The van der Waals surface area contributed by atoms with Crippen LogP contribution in [-0.2, 0) is 24.2 Å². The predicted octanol–water partition coefficient (Wildman–Crippen LogP) is 10.2. The quantitative estimate of drug-likeness (QED) is 0.0238. The highest BCUT2D eigenvalue weighted by Gasteiger charge is 2.38. The average molecular weight is 788 g/mol. The second kappa shape index (κ2) is 38.1. The van der Waals surface area contributed by atoms with Crippen LogP contribution in [0.2, 0.25) is 0 Å². The molecular weight excluding hydrogens is 703 g/mol. The molecule has 2 atom stereocenters. The summed E-state index contributed by atoms with van der Waals surface area (Å²) in [6, 6.07) is -0.929. The van der Waals surface area contributed by atoms with E-state index in [1.165, 1.54) is 116 Å². The van der Waals surface area contributed by atoms with Gasteiger partial charge in [-0.2, -0.15) is 8.42 Å². The largest absolute Gasteiger partial charge is 0.397 e. The van der Waals surface area contributed by atoms with Crippen molar-refractivity contribution >= 4 is 22.2 Å². The molecule has 0 aromatic heterocycles. The van der Waals surface area contributed by atoms with Gasteiger partial charge in [-0.1, -0.05) is 141 Å². The van der Waals surface area contributed by atoms with Crippen LogP contribution >= 0.6 is 0 Å². The number of nitrogens with two attached hydrogens (primary N) is 1. The van der Waals surface area contributed by atoms with E-state index in [1.54, 1.807) is 0 Å². The number of carbonyl (C=O) groups is 2. The van der Waals surface area contributed by atoms with Crippen LogP contribution in [0.3, 0.4) is 0 Å². The summed E-state index contributed by atoms with van der Waals surface area (Å²) in [5.74, 6) is -0.0922. The van der Waals surface area contributed by atoms with E-state index in [2.05, 4.69) is 53.0 Å². The third kappa shape index (κ3) is 35.9. The van der Waals surface area contributed by atoms with Crippen LogP contribution in [0.25, 0.3) is 0 Å². The van der Waals surface area contributed by atoms with E-state index in [1.807, 2.05) is 13.8 Å². The molecule has 0 heterocycles. The van der Waals surface area contributed by atoms with E-state index in [9.17, 15) is 23.1 Å². The van der Waals surface area contributed by atoms with Crippen LogP contribution in [0.1, 0.15) is 207 Å². The van der Waals surface area contributed by atoms with Gasteiger partial charge < -0.3 is 21.5 Å². The minimum absolute atomic E-state index is 0.0461. The van der Waals surface area contributed by atoms with Gasteiger partial charge in [-0.05, 0) is 78.1 Å². The molecule has 0 aliphatic rings. The molecule has 2 unspecified atom stereocenters. The number of aliphatic hydroxyl groups is 1. The second-order valence-electron chi connectivity index (χ2n) is 15.1. The highest BCUT2D eigenvalue weighted by Crippen LogP contribution is 2.16. The Morgan fingerprint density at radius 1 is 0.593 bits per heavy atom. The SMILES string of the molecule is CCCCCCCC/C=C\CCCCCCCC(=O)NC(C)C(N)(CO)C(C)NC(=O)CCCCCCC/C=C\CCCCCCCC.COS(=O)(=O)O. The molecule has 0 aliphatic carbocycles. The zero-order valence-corrected chi connectivity index (χ0v) is 36.2. The Balaban J connectivity index is 0. The number of rotatable bonds is 36. The average Bonchev–Trinajstić information content (AvgIpc) is 3.14. The van der Waals surface area contributed by atoms with E-state index in [-0.39, 0.29) is 18.4 Å². The first-order chi connectivity index (χ1) is 25.9. The van der Waals surface area contributed by atoms with E-state index in [0.717, 1.165) is 58.5 Å². The van der Waals surface area contributed by atoms with Crippen molar-refractivity contribution in [2.75, 3.05) is 13.7 Å². The smallest absolute Gasteiger partial charge is 0.394 e. The first kappa shape index (κ1) is 54.3. The van der Waals surface area contributed by atoms with Gasteiger partial charge >= 0.3 is 10.4 Å². The summed E-state index contributed by atoms with van der Waals surface area (Å²) in [6.07, 6.45) is 42.1. The van der Waals surface area contributed by atoms with E-state index in [0.29, 0.717) is 12.8 Å². The lowest BCUT2D eigenvalue weighted by Crippen LogP contribution is -2.69. The Labute approximate surface area is 332 Å². The number of carbonyl (C=O) groups excluding carboxylic acids is 2. The number of amides is 2. The molecule has 0 aromatic rings. The summed E-state index contributed by atoms with van der Waals surface area (Å²) >= 11 is 0. The van der Waals surface area contributed by atoms with E-state index in [4.69, 9.17) is 10.3 Å². The number of aliphatic hydroxyl groups excluding tert-OH is 1. The molecule has 11 heteroatoms. The van der Waals surface area contributed by atoms with Gasteiger partial charge in [0.1, 0.15) is 0 Å².